The lowest BCUT2D eigenvalue weighted by Gasteiger charge is -2.31. The summed E-state index contributed by atoms with van der Waals surface area (Å²) in [6.45, 7) is 6.65. The summed E-state index contributed by atoms with van der Waals surface area (Å²) in [6.07, 6.45) is 6.16. The minimum atomic E-state index is -0.380. The highest BCUT2D eigenvalue weighted by Crippen LogP contribution is 2.16. The first-order valence-electron chi connectivity index (χ1n) is 6.89. The number of carbonyl (C=O) groups excluding carboxylic acids is 1. The molecule has 2 rings (SSSR count). The van der Waals surface area contributed by atoms with Gasteiger partial charge in [0.25, 0.3) is 5.91 Å². The SMILES string of the molecule is CC(C)CC(C)(CN)NC(=O)c1ccc2nccn2c1.Cl.Cl. The van der Waals surface area contributed by atoms with Crippen LogP contribution in [0, 0.1) is 5.92 Å². The third-order valence-corrected chi connectivity index (χ3v) is 3.38. The number of nitrogens with two attached hydrogens (primary N) is 1. The summed E-state index contributed by atoms with van der Waals surface area (Å²) in [5.41, 5.74) is 6.88. The van der Waals surface area contributed by atoms with E-state index in [1.165, 1.54) is 0 Å². The molecular weight excluding hydrogens is 323 g/mol. The smallest absolute Gasteiger partial charge is 0.253 e. The zero-order chi connectivity index (χ0) is 14.8. The summed E-state index contributed by atoms with van der Waals surface area (Å²) in [5.74, 6) is 0.370. The van der Waals surface area contributed by atoms with Gasteiger partial charge in [0.05, 0.1) is 5.56 Å². The maximum atomic E-state index is 12.4. The van der Waals surface area contributed by atoms with Gasteiger partial charge < -0.3 is 15.5 Å². The number of aromatic nitrogens is 2. The molecule has 1 unspecified atom stereocenters. The topological polar surface area (TPSA) is 72.4 Å². The number of halogens is 2. The largest absolute Gasteiger partial charge is 0.346 e. The predicted molar refractivity (Wildman–Crippen MR) is 94.1 cm³/mol. The molecule has 0 saturated carbocycles. The molecule has 0 aliphatic carbocycles. The number of fused-ring (bicyclic) bond motifs is 1. The molecule has 124 valence electrons. The minimum Gasteiger partial charge on any atom is -0.346 e. The number of imidazole rings is 1. The number of hydrogen-bond donors (Lipinski definition) is 2. The molecule has 0 aromatic carbocycles. The van der Waals surface area contributed by atoms with Crippen molar-refractivity contribution in [2.24, 2.45) is 11.7 Å². The Morgan fingerprint density at radius 1 is 1.41 bits per heavy atom. The third kappa shape index (κ3) is 4.87. The summed E-state index contributed by atoms with van der Waals surface area (Å²) in [4.78, 5) is 16.5. The number of pyridine rings is 1. The van der Waals surface area contributed by atoms with E-state index >= 15 is 0 Å². The van der Waals surface area contributed by atoms with E-state index in [-0.39, 0.29) is 36.3 Å². The van der Waals surface area contributed by atoms with Crippen LogP contribution in [0.5, 0.6) is 0 Å². The van der Waals surface area contributed by atoms with Crippen LogP contribution in [-0.4, -0.2) is 27.4 Å². The lowest BCUT2D eigenvalue weighted by molar-refractivity contribution is 0.0898. The molecule has 0 bridgehead atoms. The number of nitrogens with one attached hydrogen (secondary N) is 1. The first kappa shape index (κ1) is 20.7. The van der Waals surface area contributed by atoms with Crippen molar-refractivity contribution in [1.82, 2.24) is 14.7 Å². The van der Waals surface area contributed by atoms with E-state index < -0.39 is 0 Å². The standard InChI is InChI=1S/C15H22N4O.2ClH/c1-11(2)8-15(3,10-16)18-14(20)12-4-5-13-17-6-7-19(13)9-12;;/h4-7,9,11H,8,10,16H2,1-3H3,(H,18,20);2*1H. The summed E-state index contributed by atoms with van der Waals surface area (Å²) < 4.78 is 1.83. The van der Waals surface area contributed by atoms with E-state index in [4.69, 9.17) is 5.73 Å². The number of rotatable bonds is 5. The Morgan fingerprint density at radius 2 is 2.09 bits per heavy atom. The second-order valence-electron chi connectivity index (χ2n) is 5.93. The number of carbonyl (C=O) groups is 1. The summed E-state index contributed by atoms with van der Waals surface area (Å²) >= 11 is 0. The molecule has 2 aromatic rings. The van der Waals surface area contributed by atoms with Gasteiger partial charge in [0.1, 0.15) is 5.65 Å². The van der Waals surface area contributed by atoms with Crippen LogP contribution in [0.4, 0.5) is 0 Å². The number of hydrogen-bond acceptors (Lipinski definition) is 3. The van der Waals surface area contributed by atoms with Crippen LogP contribution in [0.15, 0.2) is 30.7 Å². The molecule has 0 radical (unpaired) electrons. The Morgan fingerprint density at radius 3 is 2.68 bits per heavy atom. The Bertz CT molecular complexity index is 614. The van der Waals surface area contributed by atoms with Gasteiger partial charge in [-0.15, -0.1) is 24.8 Å². The van der Waals surface area contributed by atoms with Gasteiger partial charge in [0.2, 0.25) is 0 Å². The maximum Gasteiger partial charge on any atom is 0.253 e. The fraction of sp³-hybridized carbons (Fsp3) is 0.467. The lowest BCUT2D eigenvalue weighted by Crippen LogP contribution is -2.52. The van der Waals surface area contributed by atoms with Crippen LogP contribution >= 0.6 is 24.8 Å². The van der Waals surface area contributed by atoms with Crippen LogP contribution in [0.2, 0.25) is 0 Å². The molecule has 0 aliphatic heterocycles. The molecule has 3 N–H and O–H groups in total. The molecule has 1 amide bonds. The molecule has 1 atom stereocenters. The first-order valence-corrected chi connectivity index (χ1v) is 6.89. The average molecular weight is 347 g/mol. The van der Waals surface area contributed by atoms with Gasteiger partial charge in [-0.05, 0) is 31.4 Å². The van der Waals surface area contributed by atoms with Crippen molar-refractivity contribution >= 4 is 36.4 Å². The predicted octanol–water partition coefficient (Wildman–Crippen LogP) is 2.67. The molecule has 0 spiro atoms. The van der Waals surface area contributed by atoms with Gasteiger partial charge in [0.15, 0.2) is 0 Å². The van der Waals surface area contributed by atoms with Crippen molar-refractivity contribution in [3.8, 4) is 0 Å². The highest BCUT2D eigenvalue weighted by Gasteiger charge is 2.26. The van der Waals surface area contributed by atoms with Gasteiger partial charge in [-0.25, -0.2) is 4.98 Å². The van der Waals surface area contributed by atoms with Crippen molar-refractivity contribution in [1.29, 1.82) is 0 Å². The quantitative estimate of drug-likeness (QED) is 0.873. The van der Waals surface area contributed by atoms with E-state index in [0.717, 1.165) is 12.1 Å². The van der Waals surface area contributed by atoms with Crippen LogP contribution in [0.3, 0.4) is 0 Å². The van der Waals surface area contributed by atoms with Crippen LogP contribution in [0.25, 0.3) is 5.65 Å². The van der Waals surface area contributed by atoms with E-state index in [9.17, 15) is 4.79 Å². The maximum absolute atomic E-state index is 12.4. The third-order valence-electron chi connectivity index (χ3n) is 3.38. The summed E-state index contributed by atoms with van der Waals surface area (Å²) in [5, 5.41) is 3.05. The van der Waals surface area contributed by atoms with Crippen LogP contribution in [-0.2, 0) is 0 Å². The highest BCUT2D eigenvalue weighted by atomic mass is 35.5. The van der Waals surface area contributed by atoms with Crippen molar-refractivity contribution in [2.75, 3.05) is 6.54 Å². The second-order valence-corrected chi connectivity index (χ2v) is 5.93. The second kappa shape index (κ2) is 8.36. The average Bonchev–Trinajstić information content (AvgIpc) is 2.84. The van der Waals surface area contributed by atoms with Gasteiger partial charge in [-0.2, -0.15) is 0 Å². The fourth-order valence-electron chi connectivity index (χ4n) is 2.49. The Kier molecular flexibility index (Phi) is 7.87. The molecule has 2 aromatic heterocycles. The van der Waals surface area contributed by atoms with Crippen LogP contribution < -0.4 is 11.1 Å². The van der Waals surface area contributed by atoms with Crippen molar-refractivity contribution < 1.29 is 4.79 Å². The number of amides is 1. The Hall–Kier alpha value is -1.30. The molecule has 2 heterocycles. The Labute approximate surface area is 143 Å². The summed E-state index contributed by atoms with van der Waals surface area (Å²) in [7, 11) is 0. The first-order chi connectivity index (χ1) is 9.43. The van der Waals surface area contributed by atoms with Crippen molar-refractivity contribution in [2.45, 2.75) is 32.7 Å². The van der Waals surface area contributed by atoms with Gasteiger partial charge >= 0.3 is 0 Å². The van der Waals surface area contributed by atoms with E-state index in [1.54, 1.807) is 18.5 Å². The zero-order valence-electron chi connectivity index (χ0n) is 13.1. The van der Waals surface area contributed by atoms with E-state index in [1.807, 2.05) is 23.6 Å². The van der Waals surface area contributed by atoms with Crippen molar-refractivity contribution in [3.63, 3.8) is 0 Å². The van der Waals surface area contributed by atoms with Crippen LogP contribution in [0.1, 0.15) is 37.6 Å². The van der Waals surface area contributed by atoms with Gasteiger partial charge in [-0.1, -0.05) is 13.8 Å². The molecule has 5 nitrogen and oxygen atoms in total. The van der Waals surface area contributed by atoms with Gasteiger partial charge in [0, 0.05) is 30.7 Å². The Balaban J connectivity index is 0.00000220. The minimum absolute atomic E-state index is 0. The van der Waals surface area contributed by atoms with E-state index in [2.05, 4.69) is 24.1 Å². The molecule has 7 heteroatoms. The lowest BCUT2D eigenvalue weighted by atomic mass is 9.90. The van der Waals surface area contributed by atoms with Crippen molar-refractivity contribution in [3.05, 3.63) is 36.3 Å². The number of nitrogens with zero attached hydrogens (tertiary/aromatic N) is 2. The molecule has 0 fully saturated rings. The fourth-order valence-corrected chi connectivity index (χ4v) is 2.49. The molecule has 0 saturated heterocycles. The molecule has 0 aliphatic rings. The van der Waals surface area contributed by atoms with E-state index in [0.29, 0.717) is 18.0 Å². The summed E-state index contributed by atoms with van der Waals surface area (Å²) in [6, 6.07) is 3.61. The molecule has 22 heavy (non-hydrogen) atoms. The molecular formula is C15H24Cl2N4O. The highest BCUT2D eigenvalue weighted by molar-refractivity contribution is 5.94. The monoisotopic (exact) mass is 346 g/mol. The normalized spacial score (nSPS) is 13.1. The zero-order valence-corrected chi connectivity index (χ0v) is 14.7. The van der Waals surface area contributed by atoms with Gasteiger partial charge in [-0.3, -0.25) is 4.79 Å².